The van der Waals surface area contributed by atoms with E-state index < -0.39 is 0 Å². The van der Waals surface area contributed by atoms with Crippen LogP contribution in [0.4, 0.5) is 0 Å². The minimum absolute atomic E-state index is 1.11. The number of fused-ring (bicyclic) bond motifs is 1. The highest BCUT2D eigenvalue weighted by Gasteiger charge is 1.99. The van der Waals surface area contributed by atoms with Gasteiger partial charge >= 0.3 is 0 Å². The van der Waals surface area contributed by atoms with Crippen LogP contribution in [0.15, 0.2) is 28.6 Å². The number of thioether (sulfide) groups is 1. The molecule has 0 aliphatic heterocycles. The zero-order valence-electron chi connectivity index (χ0n) is 7.47. The summed E-state index contributed by atoms with van der Waals surface area (Å²) in [5, 5.41) is 8.63. The van der Waals surface area contributed by atoms with Crippen LogP contribution in [-0.4, -0.2) is 11.2 Å². The molecule has 0 radical (unpaired) electrons. The number of nitrogens with zero attached hydrogens (tertiary/aromatic N) is 2. The maximum atomic E-state index is 7.18. The first-order valence-electron chi connectivity index (χ1n) is 3.74. The minimum atomic E-state index is 1.11. The maximum absolute atomic E-state index is 7.18. The van der Waals surface area contributed by atoms with Crippen molar-refractivity contribution in [3.8, 4) is 5.40 Å². The molecule has 2 aromatic rings. The van der Waals surface area contributed by atoms with Gasteiger partial charge in [-0.25, -0.2) is 4.98 Å². The Morgan fingerprint density at radius 2 is 2.14 bits per heavy atom. The van der Waals surface area contributed by atoms with E-state index in [1.165, 1.54) is 10.1 Å². The van der Waals surface area contributed by atoms with E-state index in [9.17, 15) is 0 Å². The lowest BCUT2D eigenvalue weighted by Gasteiger charge is -1.80. The standard InChI is InChI=1S/C8H7NS2.CHNS/c1-10-8-9-6-4-2-3-5-7(6)11-8;2-1-3/h2-5H,1H3;3H. The monoisotopic (exact) mass is 240 g/mol. The molecule has 5 heteroatoms. The minimum Gasteiger partial charge on any atom is -0.230 e. The third-order valence-corrected chi connectivity index (χ3v) is 3.47. The van der Waals surface area contributed by atoms with Gasteiger partial charge in [0, 0.05) is 0 Å². The zero-order chi connectivity index (χ0) is 10.4. The van der Waals surface area contributed by atoms with Crippen LogP contribution >= 0.6 is 35.7 Å². The number of thiocyanates is 1. The molecule has 0 unspecified atom stereocenters. The molecule has 72 valence electrons. The number of hydrogen-bond donors (Lipinski definition) is 1. The molecule has 1 heterocycles. The lowest BCUT2D eigenvalue weighted by molar-refractivity contribution is 1.31. The van der Waals surface area contributed by atoms with Gasteiger partial charge in [-0.15, -0.1) is 11.3 Å². The second-order valence-corrected chi connectivity index (χ2v) is 4.54. The number of thiol groups is 1. The number of aromatic nitrogens is 1. The van der Waals surface area contributed by atoms with Crippen LogP contribution in [0.1, 0.15) is 0 Å². The van der Waals surface area contributed by atoms with Crippen LogP contribution in [0.3, 0.4) is 0 Å². The van der Waals surface area contributed by atoms with Crippen LogP contribution in [-0.2, 0) is 0 Å². The highest BCUT2D eigenvalue weighted by molar-refractivity contribution is 8.00. The summed E-state index contributed by atoms with van der Waals surface area (Å²) in [6.07, 6.45) is 2.05. The fraction of sp³-hybridized carbons (Fsp3) is 0.111. The molecule has 2 rings (SSSR count). The van der Waals surface area contributed by atoms with Crippen molar-refractivity contribution in [3.05, 3.63) is 24.3 Å². The van der Waals surface area contributed by atoms with Crippen LogP contribution < -0.4 is 0 Å². The predicted octanol–water partition coefficient (Wildman–Crippen LogP) is 3.42. The summed E-state index contributed by atoms with van der Waals surface area (Å²) in [7, 11) is 0. The molecule has 2 nitrogen and oxygen atoms in total. The Labute approximate surface area is 96.4 Å². The first-order chi connectivity index (χ1) is 6.81. The zero-order valence-corrected chi connectivity index (χ0v) is 9.99. The Morgan fingerprint density at radius 1 is 1.50 bits per heavy atom. The first kappa shape index (κ1) is 11.4. The fourth-order valence-corrected chi connectivity index (χ4v) is 2.43. The molecule has 0 N–H and O–H groups in total. The molecular formula is C9H8N2S3. The van der Waals surface area contributed by atoms with E-state index in [0.29, 0.717) is 0 Å². The number of benzene rings is 1. The molecule has 0 aliphatic rings. The quantitative estimate of drug-likeness (QED) is 0.471. The van der Waals surface area contributed by atoms with Gasteiger partial charge in [-0.3, -0.25) is 0 Å². The summed E-state index contributed by atoms with van der Waals surface area (Å²) in [6.45, 7) is 0. The van der Waals surface area contributed by atoms with E-state index in [4.69, 9.17) is 5.26 Å². The van der Waals surface area contributed by atoms with Gasteiger partial charge in [0.2, 0.25) is 0 Å². The van der Waals surface area contributed by atoms with Crippen molar-refractivity contribution in [1.29, 1.82) is 5.26 Å². The Hall–Kier alpha value is -0.700. The Balaban J connectivity index is 0.000000293. The molecule has 0 saturated heterocycles. The summed E-state index contributed by atoms with van der Waals surface area (Å²) < 4.78 is 2.42. The van der Waals surface area contributed by atoms with E-state index in [2.05, 4.69) is 29.9 Å². The average Bonchev–Trinajstić information content (AvgIpc) is 2.61. The molecule has 0 atom stereocenters. The predicted molar refractivity (Wildman–Crippen MR) is 66.0 cm³/mol. The second-order valence-electron chi connectivity index (χ2n) is 2.25. The van der Waals surface area contributed by atoms with Crippen LogP contribution in [0.2, 0.25) is 0 Å². The lowest BCUT2D eigenvalue weighted by Crippen LogP contribution is -1.65. The number of nitriles is 1. The Kier molecular flexibility index (Phi) is 4.80. The summed E-state index contributed by atoms with van der Waals surface area (Å²) in [6, 6.07) is 8.22. The molecule has 1 aromatic heterocycles. The van der Waals surface area contributed by atoms with Gasteiger partial charge in [0.25, 0.3) is 0 Å². The lowest BCUT2D eigenvalue weighted by atomic mass is 10.3. The van der Waals surface area contributed by atoms with Crippen molar-refractivity contribution in [3.63, 3.8) is 0 Å². The third-order valence-electron chi connectivity index (χ3n) is 1.45. The van der Waals surface area contributed by atoms with Crippen molar-refractivity contribution in [1.82, 2.24) is 4.98 Å². The highest BCUT2D eigenvalue weighted by Crippen LogP contribution is 2.27. The van der Waals surface area contributed by atoms with E-state index in [0.717, 1.165) is 9.86 Å². The van der Waals surface area contributed by atoms with Gasteiger partial charge < -0.3 is 0 Å². The SMILES string of the molecule is CSc1nc2ccccc2s1.N#CS. The molecule has 0 amide bonds. The Morgan fingerprint density at radius 3 is 2.71 bits per heavy atom. The van der Waals surface area contributed by atoms with Gasteiger partial charge in [-0.2, -0.15) is 5.26 Å². The van der Waals surface area contributed by atoms with E-state index >= 15 is 0 Å². The normalized spacial score (nSPS) is 8.93. The largest absolute Gasteiger partial charge is 0.230 e. The van der Waals surface area contributed by atoms with Crippen LogP contribution in [0, 0.1) is 10.7 Å². The van der Waals surface area contributed by atoms with Crippen molar-refractivity contribution < 1.29 is 0 Å². The molecule has 14 heavy (non-hydrogen) atoms. The summed E-state index contributed by atoms with van der Waals surface area (Å²) in [5.74, 6) is 0. The molecule has 0 bridgehead atoms. The number of para-hydroxylation sites is 1. The van der Waals surface area contributed by atoms with Crippen molar-refractivity contribution >= 4 is 45.9 Å². The summed E-state index contributed by atoms with van der Waals surface area (Å²) >= 11 is 6.55. The average molecular weight is 240 g/mol. The number of rotatable bonds is 1. The van der Waals surface area contributed by atoms with Gasteiger partial charge in [-0.1, -0.05) is 36.5 Å². The van der Waals surface area contributed by atoms with Crippen molar-refractivity contribution in [2.24, 2.45) is 0 Å². The van der Waals surface area contributed by atoms with E-state index in [1.54, 1.807) is 23.1 Å². The van der Waals surface area contributed by atoms with E-state index in [-0.39, 0.29) is 0 Å². The first-order valence-corrected chi connectivity index (χ1v) is 6.23. The molecule has 0 saturated carbocycles. The smallest absolute Gasteiger partial charge is 0.150 e. The summed E-state index contributed by atoms with van der Waals surface area (Å²) in [5.41, 5.74) is 1.11. The van der Waals surface area contributed by atoms with E-state index in [1.807, 2.05) is 18.2 Å². The number of hydrogen-bond acceptors (Lipinski definition) is 5. The van der Waals surface area contributed by atoms with Gasteiger partial charge in [0.15, 0.2) is 4.34 Å². The summed E-state index contributed by atoms with van der Waals surface area (Å²) in [4.78, 5) is 4.41. The molecular weight excluding hydrogens is 232 g/mol. The van der Waals surface area contributed by atoms with Crippen LogP contribution in [0.5, 0.6) is 0 Å². The number of thiazole rings is 1. The molecule has 0 fully saturated rings. The fourth-order valence-electron chi connectivity index (χ4n) is 0.938. The second kappa shape index (κ2) is 5.91. The topological polar surface area (TPSA) is 36.7 Å². The van der Waals surface area contributed by atoms with Gasteiger partial charge in [0.05, 0.1) is 10.2 Å². The third kappa shape index (κ3) is 2.91. The highest BCUT2D eigenvalue weighted by atomic mass is 32.2. The molecule has 0 spiro atoms. The van der Waals surface area contributed by atoms with Crippen molar-refractivity contribution in [2.75, 3.05) is 6.26 Å². The van der Waals surface area contributed by atoms with Crippen molar-refractivity contribution in [2.45, 2.75) is 4.34 Å². The maximum Gasteiger partial charge on any atom is 0.150 e. The van der Waals surface area contributed by atoms with Crippen LogP contribution in [0.25, 0.3) is 10.2 Å². The Bertz CT molecular complexity index is 411. The van der Waals surface area contributed by atoms with Gasteiger partial charge in [0.1, 0.15) is 5.40 Å². The molecule has 0 aliphatic carbocycles. The van der Waals surface area contributed by atoms with Gasteiger partial charge in [-0.05, 0) is 18.4 Å². The molecule has 1 aromatic carbocycles.